The van der Waals surface area contributed by atoms with Crippen molar-refractivity contribution in [3.63, 3.8) is 0 Å². The van der Waals surface area contributed by atoms with Crippen LogP contribution in [0.4, 0.5) is 0 Å². The Morgan fingerprint density at radius 1 is 0.947 bits per heavy atom. The molecule has 1 aromatic carbocycles. The Balaban J connectivity index is 0.000000342. The zero-order chi connectivity index (χ0) is 14.3. The van der Waals surface area contributed by atoms with Crippen molar-refractivity contribution in [2.24, 2.45) is 0 Å². The van der Waals surface area contributed by atoms with E-state index in [1.807, 2.05) is 0 Å². The SMILES string of the molecule is CCCOCCOCCC.O=C(O)c1ccccc1. The summed E-state index contributed by atoms with van der Waals surface area (Å²) >= 11 is 0. The van der Waals surface area contributed by atoms with E-state index in [1.165, 1.54) is 0 Å². The summed E-state index contributed by atoms with van der Waals surface area (Å²) in [5.41, 5.74) is 0.331. The van der Waals surface area contributed by atoms with Gasteiger partial charge in [0.15, 0.2) is 0 Å². The molecule has 1 rings (SSSR count). The maximum Gasteiger partial charge on any atom is 0.335 e. The van der Waals surface area contributed by atoms with Crippen LogP contribution < -0.4 is 0 Å². The van der Waals surface area contributed by atoms with Crippen LogP contribution in [-0.2, 0) is 9.47 Å². The molecule has 0 spiro atoms. The number of aromatic carboxylic acids is 1. The van der Waals surface area contributed by atoms with Gasteiger partial charge in [-0.05, 0) is 25.0 Å². The number of rotatable bonds is 8. The second-order valence-electron chi connectivity index (χ2n) is 3.90. The topological polar surface area (TPSA) is 55.8 Å². The Morgan fingerprint density at radius 3 is 1.74 bits per heavy atom. The molecule has 108 valence electrons. The number of benzene rings is 1. The average molecular weight is 268 g/mol. The van der Waals surface area contributed by atoms with Gasteiger partial charge in [-0.15, -0.1) is 0 Å². The van der Waals surface area contributed by atoms with E-state index in [1.54, 1.807) is 30.3 Å². The molecule has 0 saturated carbocycles. The molecular formula is C15H24O4. The van der Waals surface area contributed by atoms with Crippen LogP contribution in [0.15, 0.2) is 30.3 Å². The van der Waals surface area contributed by atoms with Crippen LogP contribution in [0.25, 0.3) is 0 Å². The molecular weight excluding hydrogens is 244 g/mol. The summed E-state index contributed by atoms with van der Waals surface area (Å²) in [5, 5.41) is 8.38. The molecule has 0 amide bonds. The molecule has 0 aromatic heterocycles. The van der Waals surface area contributed by atoms with Gasteiger partial charge in [-0.2, -0.15) is 0 Å². The highest BCUT2D eigenvalue weighted by Gasteiger charge is 1.96. The quantitative estimate of drug-likeness (QED) is 0.735. The average Bonchev–Trinajstić information content (AvgIpc) is 2.44. The first-order valence-corrected chi connectivity index (χ1v) is 6.66. The highest BCUT2D eigenvalue weighted by Crippen LogP contribution is 1.96. The Labute approximate surface area is 115 Å². The third-order valence-corrected chi connectivity index (χ3v) is 2.09. The van der Waals surface area contributed by atoms with Gasteiger partial charge in [0, 0.05) is 13.2 Å². The normalized spacial score (nSPS) is 9.58. The third kappa shape index (κ3) is 11.4. The summed E-state index contributed by atoms with van der Waals surface area (Å²) in [6.07, 6.45) is 2.18. The first kappa shape index (κ1) is 17.6. The lowest BCUT2D eigenvalue weighted by molar-refractivity contribution is 0.0483. The maximum atomic E-state index is 10.2. The minimum atomic E-state index is -0.879. The van der Waals surface area contributed by atoms with E-state index in [-0.39, 0.29) is 0 Å². The fourth-order valence-corrected chi connectivity index (χ4v) is 1.19. The summed E-state index contributed by atoms with van der Waals surface area (Å²) in [7, 11) is 0. The molecule has 0 radical (unpaired) electrons. The highest BCUT2D eigenvalue weighted by molar-refractivity contribution is 5.87. The lowest BCUT2D eigenvalue weighted by Crippen LogP contribution is -2.04. The summed E-state index contributed by atoms with van der Waals surface area (Å²) < 4.78 is 10.4. The lowest BCUT2D eigenvalue weighted by Gasteiger charge is -2.02. The van der Waals surface area contributed by atoms with Crippen molar-refractivity contribution in [1.82, 2.24) is 0 Å². The van der Waals surface area contributed by atoms with Gasteiger partial charge in [0.1, 0.15) is 0 Å². The Kier molecular flexibility index (Phi) is 12.1. The zero-order valence-electron chi connectivity index (χ0n) is 11.8. The van der Waals surface area contributed by atoms with E-state index in [2.05, 4.69) is 13.8 Å². The van der Waals surface area contributed by atoms with Crippen molar-refractivity contribution in [3.05, 3.63) is 35.9 Å². The zero-order valence-corrected chi connectivity index (χ0v) is 11.8. The van der Waals surface area contributed by atoms with Crippen molar-refractivity contribution in [1.29, 1.82) is 0 Å². The molecule has 0 fully saturated rings. The Bertz CT molecular complexity index is 303. The van der Waals surface area contributed by atoms with Gasteiger partial charge in [0.05, 0.1) is 18.8 Å². The smallest absolute Gasteiger partial charge is 0.335 e. The van der Waals surface area contributed by atoms with Gasteiger partial charge < -0.3 is 14.6 Å². The van der Waals surface area contributed by atoms with Crippen molar-refractivity contribution >= 4 is 5.97 Å². The summed E-state index contributed by atoms with van der Waals surface area (Å²) in [6.45, 7) is 7.41. The molecule has 0 aliphatic heterocycles. The summed E-state index contributed by atoms with van der Waals surface area (Å²) in [6, 6.07) is 8.30. The van der Waals surface area contributed by atoms with E-state index in [4.69, 9.17) is 14.6 Å². The molecule has 19 heavy (non-hydrogen) atoms. The Hall–Kier alpha value is -1.39. The van der Waals surface area contributed by atoms with E-state index in [0.29, 0.717) is 5.56 Å². The van der Waals surface area contributed by atoms with Gasteiger partial charge >= 0.3 is 5.97 Å². The minimum Gasteiger partial charge on any atom is -0.478 e. The van der Waals surface area contributed by atoms with Crippen LogP contribution in [0, 0.1) is 0 Å². The fraction of sp³-hybridized carbons (Fsp3) is 0.533. The number of hydrogen-bond donors (Lipinski definition) is 1. The molecule has 4 heteroatoms. The molecule has 0 unspecified atom stereocenters. The molecule has 0 heterocycles. The first-order valence-electron chi connectivity index (χ1n) is 6.66. The van der Waals surface area contributed by atoms with Gasteiger partial charge in [-0.1, -0.05) is 32.0 Å². The summed E-state index contributed by atoms with van der Waals surface area (Å²) in [4.78, 5) is 10.2. The molecule has 0 saturated heterocycles. The van der Waals surface area contributed by atoms with Crippen LogP contribution >= 0.6 is 0 Å². The maximum absolute atomic E-state index is 10.2. The van der Waals surface area contributed by atoms with Gasteiger partial charge in [0.25, 0.3) is 0 Å². The molecule has 0 aliphatic carbocycles. The van der Waals surface area contributed by atoms with E-state index in [9.17, 15) is 4.79 Å². The van der Waals surface area contributed by atoms with Crippen molar-refractivity contribution in [2.75, 3.05) is 26.4 Å². The molecule has 0 atom stereocenters. The Morgan fingerprint density at radius 2 is 1.42 bits per heavy atom. The van der Waals surface area contributed by atoms with E-state index in [0.717, 1.165) is 39.3 Å². The lowest BCUT2D eigenvalue weighted by atomic mass is 10.2. The monoisotopic (exact) mass is 268 g/mol. The van der Waals surface area contributed by atoms with Crippen LogP contribution in [-0.4, -0.2) is 37.5 Å². The van der Waals surface area contributed by atoms with Gasteiger partial charge in [-0.25, -0.2) is 4.79 Å². The van der Waals surface area contributed by atoms with E-state index < -0.39 is 5.97 Å². The molecule has 4 nitrogen and oxygen atoms in total. The first-order chi connectivity index (χ1) is 9.22. The summed E-state index contributed by atoms with van der Waals surface area (Å²) in [5.74, 6) is -0.879. The van der Waals surface area contributed by atoms with E-state index >= 15 is 0 Å². The molecule has 1 N–H and O–H groups in total. The number of hydrogen-bond acceptors (Lipinski definition) is 3. The molecule has 1 aromatic rings. The standard InChI is InChI=1S/C8H18O2.C7H6O2/c1-3-5-9-7-8-10-6-4-2;8-7(9)6-4-2-1-3-5-6/h3-8H2,1-2H3;1-5H,(H,8,9). The van der Waals surface area contributed by atoms with Crippen molar-refractivity contribution in [3.8, 4) is 0 Å². The van der Waals surface area contributed by atoms with Gasteiger partial charge in [0.2, 0.25) is 0 Å². The number of carbonyl (C=O) groups is 1. The van der Waals surface area contributed by atoms with Crippen molar-refractivity contribution in [2.45, 2.75) is 26.7 Å². The number of carboxylic acid groups (broad SMARTS) is 1. The fourth-order valence-electron chi connectivity index (χ4n) is 1.19. The minimum absolute atomic E-state index is 0.331. The largest absolute Gasteiger partial charge is 0.478 e. The van der Waals surface area contributed by atoms with Crippen LogP contribution in [0.2, 0.25) is 0 Å². The molecule has 0 aliphatic rings. The second-order valence-corrected chi connectivity index (χ2v) is 3.90. The number of carboxylic acids is 1. The second kappa shape index (κ2) is 13.1. The molecule has 0 bridgehead atoms. The number of ether oxygens (including phenoxy) is 2. The van der Waals surface area contributed by atoms with Crippen LogP contribution in [0.1, 0.15) is 37.0 Å². The predicted molar refractivity (Wildman–Crippen MR) is 75.6 cm³/mol. The predicted octanol–water partition coefficient (Wildman–Crippen LogP) is 3.22. The van der Waals surface area contributed by atoms with Crippen LogP contribution in [0.3, 0.4) is 0 Å². The van der Waals surface area contributed by atoms with Crippen molar-refractivity contribution < 1.29 is 19.4 Å². The van der Waals surface area contributed by atoms with Crippen LogP contribution in [0.5, 0.6) is 0 Å². The highest BCUT2D eigenvalue weighted by atomic mass is 16.5. The third-order valence-electron chi connectivity index (χ3n) is 2.09. The van der Waals surface area contributed by atoms with Gasteiger partial charge in [-0.3, -0.25) is 0 Å².